The Bertz CT molecular complexity index is 479. The predicted molar refractivity (Wildman–Crippen MR) is 85.2 cm³/mol. The Morgan fingerprint density at radius 2 is 1.71 bits per heavy atom. The van der Waals surface area contributed by atoms with Crippen molar-refractivity contribution in [3.05, 3.63) is 22.7 Å². The third-order valence-electron chi connectivity index (χ3n) is 4.50. The van der Waals surface area contributed by atoms with Crippen LogP contribution in [0.4, 0.5) is 0 Å². The van der Waals surface area contributed by atoms with E-state index >= 15 is 0 Å². The lowest BCUT2D eigenvalue weighted by atomic mass is 9.73. The second-order valence-electron chi connectivity index (χ2n) is 6.33. The first-order valence-electron chi connectivity index (χ1n) is 7.56. The highest BCUT2D eigenvalue weighted by Crippen LogP contribution is 2.45. The standard InChI is InChI=1S/C17H25ClO3/c1-10-7-11(2)9-12(8-10)16(19)13-5-6-14(20-3)17(21-4)15(13)18/h5-6,10-12,16,19H,7-9H2,1-4H3. The summed E-state index contributed by atoms with van der Waals surface area (Å²) in [4.78, 5) is 0. The minimum absolute atomic E-state index is 0.249. The van der Waals surface area contributed by atoms with Crippen LogP contribution in [0.3, 0.4) is 0 Å². The van der Waals surface area contributed by atoms with Gasteiger partial charge in [-0.1, -0.05) is 31.5 Å². The monoisotopic (exact) mass is 312 g/mol. The topological polar surface area (TPSA) is 38.7 Å². The Morgan fingerprint density at radius 1 is 1.10 bits per heavy atom. The third-order valence-corrected chi connectivity index (χ3v) is 4.88. The molecule has 0 aliphatic heterocycles. The van der Waals surface area contributed by atoms with Crippen LogP contribution in [0.2, 0.25) is 5.02 Å². The highest BCUT2D eigenvalue weighted by atomic mass is 35.5. The number of ether oxygens (including phenoxy) is 2. The molecule has 3 unspecified atom stereocenters. The molecule has 3 atom stereocenters. The number of rotatable bonds is 4. The van der Waals surface area contributed by atoms with E-state index in [4.69, 9.17) is 21.1 Å². The lowest BCUT2D eigenvalue weighted by molar-refractivity contribution is 0.0550. The van der Waals surface area contributed by atoms with Gasteiger partial charge in [0.2, 0.25) is 0 Å². The molecule has 3 nitrogen and oxygen atoms in total. The maximum absolute atomic E-state index is 10.8. The molecule has 0 aromatic heterocycles. The van der Waals surface area contributed by atoms with E-state index in [0.29, 0.717) is 28.4 Å². The first-order valence-corrected chi connectivity index (χ1v) is 7.94. The minimum Gasteiger partial charge on any atom is -0.493 e. The maximum atomic E-state index is 10.8. The molecule has 1 N–H and O–H groups in total. The molecule has 21 heavy (non-hydrogen) atoms. The highest BCUT2D eigenvalue weighted by molar-refractivity contribution is 6.33. The summed E-state index contributed by atoms with van der Waals surface area (Å²) in [5.74, 6) is 2.62. The first-order chi connectivity index (χ1) is 9.97. The van der Waals surface area contributed by atoms with Gasteiger partial charge in [0, 0.05) is 5.56 Å². The van der Waals surface area contributed by atoms with Crippen LogP contribution in [-0.2, 0) is 0 Å². The van der Waals surface area contributed by atoms with Crippen molar-refractivity contribution in [1.82, 2.24) is 0 Å². The zero-order valence-electron chi connectivity index (χ0n) is 13.2. The Morgan fingerprint density at radius 3 is 2.24 bits per heavy atom. The SMILES string of the molecule is COc1ccc(C(O)C2CC(C)CC(C)C2)c(Cl)c1OC. The summed E-state index contributed by atoms with van der Waals surface area (Å²) < 4.78 is 10.6. The summed E-state index contributed by atoms with van der Waals surface area (Å²) in [7, 11) is 3.14. The largest absolute Gasteiger partial charge is 0.493 e. The molecular formula is C17H25ClO3. The molecule has 1 aliphatic carbocycles. The van der Waals surface area contributed by atoms with Crippen LogP contribution in [0.1, 0.15) is 44.8 Å². The number of aliphatic hydroxyl groups is 1. The van der Waals surface area contributed by atoms with Gasteiger partial charge in [-0.2, -0.15) is 0 Å². The van der Waals surface area contributed by atoms with E-state index in [9.17, 15) is 5.11 Å². The van der Waals surface area contributed by atoms with E-state index in [2.05, 4.69) is 13.8 Å². The number of hydrogen-bond acceptors (Lipinski definition) is 3. The summed E-state index contributed by atoms with van der Waals surface area (Å²) in [5, 5.41) is 11.2. The van der Waals surface area contributed by atoms with Crippen LogP contribution in [0.15, 0.2) is 12.1 Å². The van der Waals surface area contributed by atoms with Gasteiger partial charge in [0.1, 0.15) is 0 Å². The molecule has 0 radical (unpaired) electrons. The number of aliphatic hydroxyl groups excluding tert-OH is 1. The van der Waals surface area contributed by atoms with Gasteiger partial charge in [-0.05, 0) is 43.1 Å². The Balaban J connectivity index is 2.28. The minimum atomic E-state index is -0.553. The van der Waals surface area contributed by atoms with Crippen LogP contribution in [0.25, 0.3) is 0 Å². The number of benzene rings is 1. The maximum Gasteiger partial charge on any atom is 0.179 e. The molecular weight excluding hydrogens is 288 g/mol. The molecule has 0 spiro atoms. The van der Waals surface area contributed by atoms with Gasteiger partial charge in [-0.15, -0.1) is 0 Å². The van der Waals surface area contributed by atoms with Gasteiger partial charge in [-0.25, -0.2) is 0 Å². The third kappa shape index (κ3) is 3.46. The molecule has 0 bridgehead atoms. The highest BCUT2D eigenvalue weighted by Gasteiger charge is 2.31. The van der Waals surface area contributed by atoms with Gasteiger partial charge < -0.3 is 14.6 Å². The summed E-state index contributed by atoms with van der Waals surface area (Å²) in [6, 6.07) is 3.65. The molecule has 1 aliphatic rings. The van der Waals surface area contributed by atoms with Crippen LogP contribution < -0.4 is 9.47 Å². The molecule has 1 aromatic carbocycles. The smallest absolute Gasteiger partial charge is 0.179 e. The molecule has 0 heterocycles. The van der Waals surface area contributed by atoms with Gasteiger partial charge in [0.05, 0.1) is 25.3 Å². The van der Waals surface area contributed by atoms with E-state index in [1.807, 2.05) is 6.07 Å². The zero-order valence-corrected chi connectivity index (χ0v) is 14.0. The quantitative estimate of drug-likeness (QED) is 0.892. The van der Waals surface area contributed by atoms with Crippen molar-refractivity contribution >= 4 is 11.6 Å². The fourth-order valence-electron chi connectivity index (χ4n) is 3.65. The predicted octanol–water partition coefficient (Wildman–Crippen LogP) is 4.46. The summed E-state index contributed by atoms with van der Waals surface area (Å²) in [6.07, 6.45) is 2.76. The van der Waals surface area contributed by atoms with E-state index in [1.165, 1.54) is 6.42 Å². The van der Waals surface area contributed by atoms with Crippen LogP contribution in [-0.4, -0.2) is 19.3 Å². The van der Waals surface area contributed by atoms with Crippen LogP contribution in [0, 0.1) is 17.8 Å². The summed E-state index contributed by atoms with van der Waals surface area (Å²) in [5.41, 5.74) is 0.737. The van der Waals surface area contributed by atoms with Crippen molar-refractivity contribution in [3.63, 3.8) is 0 Å². The van der Waals surface area contributed by atoms with Crippen molar-refractivity contribution in [2.75, 3.05) is 14.2 Å². The Kier molecular flexibility index (Phi) is 5.39. The number of halogens is 1. The van der Waals surface area contributed by atoms with Gasteiger partial charge in [-0.3, -0.25) is 0 Å². The van der Waals surface area contributed by atoms with Gasteiger partial charge in [0.15, 0.2) is 11.5 Å². The van der Waals surface area contributed by atoms with Crippen molar-refractivity contribution in [2.45, 2.75) is 39.2 Å². The second-order valence-corrected chi connectivity index (χ2v) is 6.70. The zero-order chi connectivity index (χ0) is 15.6. The molecule has 4 heteroatoms. The summed E-state index contributed by atoms with van der Waals surface area (Å²) >= 11 is 6.41. The van der Waals surface area contributed by atoms with E-state index in [0.717, 1.165) is 18.4 Å². The Labute approximate surface area is 132 Å². The fraction of sp³-hybridized carbons (Fsp3) is 0.647. The summed E-state index contributed by atoms with van der Waals surface area (Å²) in [6.45, 7) is 4.51. The van der Waals surface area contributed by atoms with E-state index in [-0.39, 0.29) is 5.92 Å². The average molecular weight is 313 g/mol. The van der Waals surface area contributed by atoms with Crippen molar-refractivity contribution in [2.24, 2.45) is 17.8 Å². The molecule has 0 saturated heterocycles. The molecule has 1 aromatic rings. The number of methoxy groups -OCH3 is 2. The second kappa shape index (κ2) is 6.89. The van der Waals surface area contributed by atoms with Crippen molar-refractivity contribution < 1.29 is 14.6 Å². The molecule has 0 amide bonds. The molecule has 118 valence electrons. The number of hydrogen-bond donors (Lipinski definition) is 1. The van der Waals surface area contributed by atoms with E-state index in [1.54, 1.807) is 20.3 Å². The van der Waals surface area contributed by atoms with Gasteiger partial charge >= 0.3 is 0 Å². The van der Waals surface area contributed by atoms with E-state index < -0.39 is 6.10 Å². The lowest BCUT2D eigenvalue weighted by Gasteiger charge is -2.34. The van der Waals surface area contributed by atoms with Crippen LogP contribution >= 0.6 is 11.6 Å². The molecule has 1 saturated carbocycles. The lowest BCUT2D eigenvalue weighted by Crippen LogP contribution is -2.25. The first kappa shape index (κ1) is 16.4. The Hall–Kier alpha value is -0.930. The normalized spacial score (nSPS) is 27.2. The molecule has 2 rings (SSSR count). The average Bonchev–Trinajstić information content (AvgIpc) is 2.45. The fourth-order valence-corrected chi connectivity index (χ4v) is 4.00. The van der Waals surface area contributed by atoms with Crippen molar-refractivity contribution in [1.29, 1.82) is 0 Å². The van der Waals surface area contributed by atoms with Gasteiger partial charge in [0.25, 0.3) is 0 Å². The molecule has 1 fully saturated rings. The van der Waals surface area contributed by atoms with Crippen molar-refractivity contribution in [3.8, 4) is 11.5 Å². The van der Waals surface area contributed by atoms with Crippen LogP contribution in [0.5, 0.6) is 11.5 Å².